The van der Waals surface area contributed by atoms with Crippen LogP contribution in [0, 0.1) is 0 Å². The van der Waals surface area contributed by atoms with Gasteiger partial charge in [0.2, 0.25) is 0 Å². The summed E-state index contributed by atoms with van der Waals surface area (Å²) in [6.07, 6.45) is 2.39. The molecule has 1 aliphatic rings. The van der Waals surface area contributed by atoms with Crippen molar-refractivity contribution in [3.63, 3.8) is 0 Å². The average Bonchev–Trinajstić information content (AvgIpc) is 2.66. The van der Waals surface area contributed by atoms with E-state index in [9.17, 15) is 0 Å². The molecule has 1 aliphatic heterocycles. The lowest BCUT2D eigenvalue weighted by Gasteiger charge is -2.25. The fourth-order valence-electron chi connectivity index (χ4n) is 2.22. The van der Waals surface area contributed by atoms with Crippen LogP contribution in [0.25, 0.3) is 0 Å². The number of nitrogens with two attached hydrogens (primary N) is 1. The number of nitrogens with one attached hydrogen (secondary N) is 1. The summed E-state index contributed by atoms with van der Waals surface area (Å²) in [5, 5.41) is 3.52. The van der Waals surface area contributed by atoms with Crippen molar-refractivity contribution in [2.45, 2.75) is 25.3 Å². The van der Waals surface area contributed by atoms with Crippen LogP contribution in [0.4, 0.5) is 5.69 Å². The predicted octanol–water partition coefficient (Wildman–Crippen LogP) is 1.88. The summed E-state index contributed by atoms with van der Waals surface area (Å²) in [5.74, 6) is 0.750. The lowest BCUT2D eigenvalue weighted by Crippen LogP contribution is -2.33. The van der Waals surface area contributed by atoms with Gasteiger partial charge in [-0.2, -0.15) is 0 Å². The highest BCUT2D eigenvalue weighted by Crippen LogP contribution is 2.33. The molecule has 1 saturated heterocycles. The van der Waals surface area contributed by atoms with Gasteiger partial charge in [-0.3, -0.25) is 0 Å². The Morgan fingerprint density at radius 3 is 2.80 bits per heavy atom. The van der Waals surface area contributed by atoms with Crippen LogP contribution in [0.5, 0.6) is 5.75 Å². The van der Waals surface area contributed by atoms with Crippen molar-refractivity contribution in [1.82, 2.24) is 5.32 Å². The van der Waals surface area contributed by atoms with Gasteiger partial charge in [0.25, 0.3) is 0 Å². The summed E-state index contributed by atoms with van der Waals surface area (Å²) in [4.78, 5) is 0. The lowest BCUT2D eigenvalue weighted by atomic mass is 9.90. The monoisotopic (exact) mass is 206 g/mol. The Hall–Kier alpha value is -1.22. The summed E-state index contributed by atoms with van der Waals surface area (Å²) >= 11 is 0. The molecular weight excluding hydrogens is 188 g/mol. The molecule has 0 amide bonds. The molecule has 0 radical (unpaired) electrons. The van der Waals surface area contributed by atoms with E-state index >= 15 is 0 Å². The molecule has 1 aromatic rings. The van der Waals surface area contributed by atoms with Gasteiger partial charge in [-0.05, 0) is 44.0 Å². The normalized spacial score (nSPS) is 25.5. The zero-order valence-corrected chi connectivity index (χ0v) is 9.34. The summed E-state index contributed by atoms with van der Waals surface area (Å²) in [5.41, 5.74) is 7.95. The molecule has 0 bridgehead atoms. The van der Waals surface area contributed by atoms with Crippen LogP contribution in [-0.4, -0.2) is 13.7 Å². The quantitative estimate of drug-likeness (QED) is 0.726. The van der Waals surface area contributed by atoms with E-state index in [1.54, 1.807) is 7.11 Å². The predicted molar refractivity (Wildman–Crippen MR) is 62.0 cm³/mol. The number of hydrogen-bond acceptors (Lipinski definition) is 3. The van der Waals surface area contributed by atoms with Gasteiger partial charge in [0.15, 0.2) is 0 Å². The third-order valence-corrected chi connectivity index (χ3v) is 3.24. The van der Waals surface area contributed by atoms with Crippen LogP contribution in [0.15, 0.2) is 18.2 Å². The molecule has 0 aromatic heterocycles. The van der Waals surface area contributed by atoms with E-state index < -0.39 is 0 Å². The molecule has 3 nitrogen and oxygen atoms in total. The molecule has 1 unspecified atom stereocenters. The van der Waals surface area contributed by atoms with Crippen molar-refractivity contribution in [1.29, 1.82) is 0 Å². The van der Waals surface area contributed by atoms with Crippen LogP contribution in [0.3, 0.4) is 0 Å². The highest BCUT2D eigenvalue weighted by molar-refractivity contribution is 5.55. The van der Waals surface area contributed by atoms with Gasteiger partial charge < -0.3 is 15.8 Å². The smallest absolute Gasteiger partial charge is 0.141 e. The maximum atomic E-state index is 5.91. The van der Waals surface area contributed by atoms with Crippen LogP contribution in [-0.2, 0) is 5.54 Å². The van der Waals surface area contributed by atoms with Gasteiger partial charge >= 0.3 is 0 Å². The zero-order valence-electron chi connectivity index (χ0n) is 9.34. The molecule has 15 heavy (non-hydrogen) atoms. The Morgan fingerprint density at radius 1 is 1.47 bits per heavy atom. The van der Waals surface area contributed by atoms with Crippen LogP contribution < -0.4 is 15.8 Å². The molecule has 3 heteroatoms. The standard InChI is InChI=1S/C12H18N2O/c1-12(6-3-7-14-12)9-4-5-11(15-2)10(13)8-9/h4-5,8,14H,3,6-7,13H2,1-2H3. The Labute approximate surface area is 90.6 Å². The van der Waals surface area contributed by atoms with Crippen molar-refractivity contribution >= 4 is 5.69 Å². The SMILES string of the molecule is COc1ccc(C2(C)CCCN2)cc1N. The number of anilines is 1. The summed E-state index contributed by atoms with van der Waals surface area (Å²) in [6, 6.07) is 6.04. The highest BCUT2D eigenvalue weighted by Gasteiger charge is 2.30. The van der Waals surface area contributed by atoms with Crippen molar-refractivity contribution in [2.24, 2.45) is 0 Å². The first kappa shape index (κ1) is 10.3. The van der Waals surface area contributed by atoms with Crippen LogP contribution in [0.2, 0.25) is 0 Å². The number of benzene rings is 1. The van der Waals surface area contributed by atoms with E-state index in [2.05, 4.69) is 18.3 Å². The van der Waals surface area contributed by atoms with E-state index in [1.165, 1.54) is 18.4 Å². The largest absolute Gasteiger partial charge is 0.495 e. The summed E-state index contributed by atoms with van der Waals surface area (Å²) in [7, 11) is 1.64. The van der Waals surface area contributed by atoms with Gasteiger partial charge in [0, 0.05) is 5.54 Å². The first-order chi connectivity index (χ1) is 7.15. The molecule has 2 rings (SSSR count). The average molecular weight is 206 g/mol. The fraction of sp³-hybridized carbons (Fsp3) is 0.500. The van der Waals surface area contributed by atoms with E-state index in [-0.39, 0.29) is 5.54 Å². The molecule has 1 atom stereocenters. The molecule has 1 heterocycles. The van der Waals surface area contributed by atoms with E-state index in [0.29, 0.717) is 5.69 Å². The van der Waals surface area contributed by atoms with Gasteiger partial charge in [-0.15, -0.1) is 0 Å². The third kappa shape index (κ3) is 1.79. The van der Waals surface area contributed by atoms with Crippen LogP contribution >= 0.6 is 0 Å². The Morgan fingerprint density at radius 2 is 2.27 bits per heavy atom. The zero-order chi connectivity index (χ0) is 10.9. The van der Waals surface area contributed by atoms with Crippen molar-refractivity contribution in [3.05, 3.63) is 23.8 Å². The Bertz CT molecular complexity index is 357. The lowest BCUT2D eigenvalue weighted by molar-refractivity contribution is 0.413. The van der Waals surface area contributed by atoms with Gasteiger partial charge in [-0.25, -0.2) is 0 Å². The number of rotatable bonds is 2. The maximum Gasteiger partial charge on any atom is 0.141 e. The third-order valence-electron chi connectivity index (χ3n) is 3.24. The molecule has 0 aliphatic carbocycles. The summed E-state index contributed by atoms with van der Waals surface area (Å²) in [6.45, 7) is 3.31. The minimum absolute atomic E-state index is 0.0837. The molecule has 1 aromatic carbocycles. The highest BCUT2D eigenvalue weighted by atomic mass is 16.5. The first-order valence-electron chi connectivity index (χ1n) is 5.35. The Balaban J connectivity index is 2.33. The molecule has 3 N–H and O–H groups in total. The first-order valence-corrected chi connectivity index (χ1v) is 5.35. The fourth-order valence-corrected chi connectivity index (χ4v) is 2.22. The van der Waals surface area contributed by atoms with E-state index in [4.69, 9.17) is 10.5 Å². The Kier molecular flexibility index (Phi) is 2.57. The second-order valence-electron chi connectivity index (χ2n) is 4.32. The number of ether oxygens (including phenoxy) is 1. The minimum Gasteiger partial charge on any atom is -0.495 e. The number of methoxy groups -OCH3 is 1. The van der Waals surface area contributed by atoms with E-state index in [0.717, 1.165) is 12.3 Å². The van der Waals surface area contributed by atoms with Crippen LogP contribution in [0.1, 0.15) is 25.3 Å². The van der Waals surface area contributed by atoms with Crippen molar-refractivity contribution in [2.75, 3.05) is 19.4 Å². The van der Waals surface area contributed by atoms with Gasteiger partial charge in [0.1, 0.15) is 5.75 Å². The van der Waals surface area contributed by atoms with Gasteiger partial charge in [0.05, 0.1) is 12.8 Å². The van der Waals surface area contributed by atoms with Crippen molar-refractivity contribution < 1.29 is 4.74 Å². The molecule has 0 spiro atoms. The molecule has 82 valence electrons. The number of nitrogen functional groups attached to an aromatic ring is 1. The summed E-state index contributed by atoms with van der Waals surface area (Å²) < 4.78 is 5.15. The number of hydrogen-bond donors (Lipinski definition) is 2. The second kappa shape index (κ2) is 3.74. The minimum atomic E-state index is 0.0837. The second-order valence-corrected chi connectivity index (χ2v) is 4.32. The van der Waals surface area contributed by atoms with E-state index in [1.807, 2.05) is 12.1 Å². The van der Waals surface area contributed by atoms with Crippen molar-refractivity contribution in [3.8, 4) is 5.75 Å². The van der Waals surface area contributed by atoms with Gasteiger partial charge in [-0.1, -0.05) is 6.07 Å². The maximum absolute atomic E-state index is 5.91. The molecule has 0 saturated carbocycles. The topological polar surface area (TPSA) is 47.3 Å². The molecular formula is C12H18N2O. The molecule has 1 fully saturated rings.